The van der Waals surface area contributed by atoms with Crippen molar-refractivity contribution < 1.29 is 19.4 Å². The number of amides is 2. The third-order valence-corrected chi connectivity index (χ3v) is 4.18. The molecule has 0 unspecified atom stereocenters. The number of thiocarbonyl (C=S) groups is 1. The molecule has 28 heavy (non-hydrogen) atoms. The van der Waals surface area contributed by atoms with E-state index in [1.165, 1.54) is 13.2 Å². The molecule has 3 rings (SSSR count). The summed E-state index contributed by atoms with van der Waals surface area (Å²) in [6.07, 6.45) is 0. The summed E-state index contributed by atoms with van der Waals surface area (Å²) in [4.78, 5) is 24.5. The minimum absolute atomic E-state index is 0.0791. The Bertz CT molecular complexity index is 1050. The summed E-state index contributed by atoms with van der Waals surface area (Å²) in [5, 5.41) is 14.1. The van der Waals surface area contributed by atoms with E-state index in [0.717, 1.165) is 10.8 Å². The van der Waals surface area contributed by atoms with E-state index in [2.05, 4.69) is 16.2 Å². The van der Waals surface area contributed by atoms with E-state index in [1.807, 2.05) is 24.3 Å². The van der Waals surface area contributed by atoms with Gasteiger partial charge in [0, 0.05) is 5.56 Å². The van der Waals surface area contributed by atoms with Crippen molar-refractivity contribution in [2.45, 2.75) is 0 Å². The predicted octanol–water partition coefficient (Wildman–Crippen LogP) is 2.50. The molecule has 2 amide bonds. The largest absolute Gasteiger partial charge is 0.507 e. The van der Waals surface area contributed by atoms with Crippen LogP contribution in [-0.4, -0.2) is 29.1 Å². The maximum Gasteiger partial charge on any atom is 0.273 e. The summed E-state index contributed by atoms with van der Waals surface area (Å²) in [6.45, 7) is 0. The number of phenolic OH excluding ortho intramolecular Hbond substituents is 1. The number of carbonyl (C=O) groups is 2. The minimum atomic E-state index is -0.593. The summed E-state index contributed by atoms with van der Waals surface area (Å²) in [6, 6.07) is 16.9. The molecule has 0 heterocycles. The van der Waals surface area contributed by atoms with Crippen LogP contribution in [0.5, 0.6) is 11.5 Å². The van der Waals surface area contributed by atoms with Gasteiger partial charge >= 0.3 is 0 Å². The van der Waals surface area contributed by atoms with Gasteiger partial charge < -0.3 is 9.84 Å². The van der Waals surface area contributed by atoms with Crippen LogP contribution in [0.15, 0.2) is 60.7 Å². The Morgan fingerprint density at radius 1 is 0.929 bits per heavy atom. The number of carbonyl (C=O) groups excluding carboxylic acids is 2. The lowest BCUT2D eigenvalue weighted by Gasteiger charge is -2.12. The van der Waals surface area contributed by atoms with Crippen molar-refractivity contribution in [3.63, 3.8) is 0 Å². The normalized spacial score (nSPS) is 10.2. The number of nitrogens with one attached hydrogen (secondary N) is 3. The van der Waals surface area contributed by atoms with E-state index >= 15 is 0 Å². The average molecular weight is 395 g/mol. The van der Waals surface area contributed by atoms with E-state index < -0.39 is 11.8 Å². The van der Waals surface area contributed by atoms with Gasteiger partial charge in [-0.15, -0.1) is 0 Å². The molecular formula is C20H17N3O4S. The smallest absolute Gasteiger partial charge is 0.273 e. The van der Waals surface area contributed by atoms with E-state index in [1.54, 1.807) is 30.3 Å². The number of fused-ring (bicyclic) bond motifs is 1. The molecule has 3 aromatic carbocycles. The first-order valence-corrected chi connectivity index (χ1v) is 8.66. The lowest BCUT2D eigenvalue weighted by atomic mass is 10.1. The van der Waals surface area contributed by atoms with Crippen LogP contribution in [0.2, 0.25) is 0 Å². The molecule has 0 aliphatic heterocycles. The molecule has 3 aromatic rings. The molecule has 7 nitrogen and oxygen atoms in total. The Labute approximate surface area is 166 Å². The molecular weight excluding hydrogens is 378 g/mol. The van der Waals surface area contributed by atoms with Gasteiger partial charge in [0.15, 0.2) is 5.11 Å². The lowest BCUT2D eigenvalue weighted by Crippen LogP contribution is -2.48. The van der Waals surface area contributed by atoms with Crippen LogP contribution in [0.1, 0.15) is 20.7 Å². The highest BCUT2D eigenvalue weighted by atomic mass is 32.1. The number of aromatic hydroxyl groups is 1. The number of hydrogen-bond acceptors (Lipinski definition) is 5. The van der Waals surface area contributed by atoms with Crippen molar-refractivity contribution in [3.8, 4) is 11.5 Å². The van der Waals surface area contributed by atoms with Gasteiger partial charge in [-0.05, 0) is 59.4 Å². The van der Waals surface area contributed by atoms with Crippen molar-refractivity contribution >= 4 is 39.9 Å². The third kappa shape index (κ3) is 4.36. The second-order valence-corrected chi connectivity index (χ2v) is 6.22. The maximum absolute atomic E-state index is 12.3. The lowest BCUT2D eigenvalue weighted by molar-refractivity contribution is 0.0932. The van der Waals surface area contributed by atoms with Gasteiger partial charge in [-0.25, -0.2) is 0 Å². The Balaban J connectivity index is 1.60. The molecule has 4 N–H and O–H groups in total. The maximum atomic E-state index is 12.3. The highest BCUT2D eigenvalue weighted by Gasteiger charge is 2.13. The monoisotopic (exact) mass is 395 g/mol. The van der Waals surface area contributed by atoms with Crippen molar-refractivity contribution in [2.75, 3.05) is 7.11 Å². The van der Waals surface area contributed by atoms with Gasteiger partial charge in [-0.2, -0.15) is 0 Å². The van der Waals surface area contributed by atoms with Crippen molar-refractivity contribution in [1.82, 2.24) is 16.2 Å². The number of phenols is 1. The first-order valence-electron chi connectivity index (χ1n) is 8.25. The van der Waals surface area contributed by atoms with Gasteiger partial charge in [-0.1, -0.05) is 24.3 Å². The second-order valence-electron chi connectivity index (χ2n) is 5.81. The van der Waals surface area contributed by atoms with Crippen molar-refractivity contribution in [1.29, 1.82) is 0 Å². The molecule has 0 bridgehead atoms. The van der Waals surface area contributed by atoms with E-state index in [0.29, 0.717) is 11.3 Å². The zero-order valence-corrected chi connectivity index (χ0v) is 15.7. The molecule has 142 valence electrons. The molecule has 0 radical (unpaired) electrons. The zero-order valence-electron chi connectivity index (χ0n) is 14.9. The van der Waals surface area contributed by atoms with Gasteiger partial charge in [0.1, 0.15) is 11.5 Å². The van der Waals surface area contributed by atoms with Crippen molar-refractivity contribution in [3.05, 3.63) is 71.8 Å². The molecule has 0 spiro atoms. The topological polar surface area (TPSA) is 99.7 Å². The van der Waals surface area contributed by atoms with Gasteiger partial charge in [-0.3, -0.25) is 25.8 Å². The molecule has 0 saturated carbocycles. The quantitative estimate of drug-likeness (QED) is 0.402. The Kier molecular flexibility index (Phi) is 5.71. The number of benzene rings is 3. The van der Waals surface area contributed by atoms with Crippen LogP contribution < -0.4 is 20.9 Å². The molecule has 0 aromatic heterocycles. The Morgan fingerprint density at radius 2 is 1.57 bits per heavy atom. The fourth-order valence-corrected chi connectivity index (χ4v) is 2.68. The fraction of sp³-hybridized carbons (Fsp3) is 0.0500. The Hall–Kier alpha value is -3.65. The van der Waals surface area contributed by atoms with Gasteiger partial charge in [0.2, 0.25) is 0 Å². The predicted molar refractivity (Wildman–Crippen MR) is 109 cm³/mol. The number of rotatable bonds is 3. The highest BCUT2D eigenvalue weighted by molar-refractivity contribution is 7.80. The van der Waals surface area contributed by atoms with Crippen LogP contribution in [0, 0.1) is 0 Å². The number of methoxy groups -OCH3 is 1. The third-order valence-electron chi connectivity index (χ3n) is 3.98. The molecule has 0 saturated heterocycles. The SMILES string of the molecule is COc1ccc(C(=O)NC(=S)NNC(=O)c2cc3ccccc3cc2O)cc1. The van der Waals surface area contributed by atoms with E-state index in [4.69, 9.17) is 17.0 Å². The average Bonchev–Trinajstić information content (AvgIpc) is 2.71. The summed E-state index contributed by atoms with van der Waals surface area (Å²) < 4.78 is 5.04. The van der Waals surface area contributed by atoms with E-state index in [-0.39, 0.29) is 16.4 Å². The van der Waals surface area contributed by atoms with Gasteiger partial charge in [0.05, 0.1) is 12.7 Å². The summed E-state index contributed by atoms with van der Waals surface area (Å²) in [7, 11) is 1.53. The van der Waals surface area contributed by atoms with Crippen LogP contribution in [0.3, 0.4) is 0 Å². The second kappa shape index (κ2) is 8.36. The summed E-state index contributed by atoms with van der Waals surface area (Å²) in [5.74, 6) is -0.571. The minimum Gasteiger partial charge on any atom is -0.507 e. The first-order chi connectivity index (χ1) is 13.5. The number of hydrazine groups is 1. The first kappa shape index (κ1) is 19.1. The summed E-state index contributed by atoms with van der Waals surface area (Å²) in [5.41, 5.74) is 5.26. The standard InChI is InChI=1S/C20H17N3O4S/c1-27-15-8-6-12(7-9-15)18(25)21-20(28)23-22-19(26)16-10-13-4-2-3-5-14(13)11-17(16)24/h2-11,24H,1H3,(H,22,26)(H2,21,23,25,28). The highest BCUT2D eigenvalue weighted by Crippen LogP contribution is 2.24. The molecule has 0 aliphatic rings. The van der Waals surface area contributed by atoms with Crippen LogP contribution in [0.4, 0.5) is 0 Å². The molecule has 0 aliphatic carbocycles. The van der Waals surface area contributed by atoms with Crippen LogP contribution in [0.25, 0.3) is 10.8 Å². The van der Waals surface area contributed by atoms with Crippen molar-refractivity contribution in [2.24, 2.45) is 0 Å². The van der Waals surface area contributed by atoms with Crippen LogP contribution >= 0.6 is 12.2 Å². The van der Waals surface area contributed by atoms with Crippen LogP contribution in [-0.2, 0) is 0 Å². The summed E-state index contributed by atoms with van der Waals surface area (Å²) >= 11 is 5.01. The fourth-order valence-electron chi connectivity index (χ4n) is 2.54. The van der Waals surface area contributed by atoms with E-state index in [9.17, 15) is 14.7 Å². The number of ether oxygens (including phenoxy) is 1. The van der Waals surface area contributed by atoms with Gasteiger partial charge in [0.25, 0.3) is 11.8 Å². The number of hydrogen-bond donors (Lipinski definition) is 4. The Morgan fingerprint density at radius 3 is 2.21 bits per heavy atom. The molecule has 0 atom stereocenters. The molecule has 0 fully saturated rings. The zero-order chi connectivity index (χ0) is 20.1. The molecule has 8 heteroatoms.